The first-order valence-electron chi connectivity index (χ1n) is 10.1. The van der Waals surface area contributed by atoms with Crippen LogP contribution in [0.3, 0.4) is 0 Å². The van der Waals surface area contributed by atoms with Gasteiger partial charge in [0.1, 0.15) is 11.7 Å². The highest BCUT2D eigenvalue weighted by molar-refractivity contribution is 5.90. The fourth-order valence-corrected chi connectivity index (χ4v) is 6.30. The van der Waals surface area contributed by atoms with Crippen molar-refractivity contribution in [1.82, 2.24) is 0 Å². The van der Waals surface area contributed by atoms with Crippen molar-refractivity contribution in [1.29, 1.82) is 0 Å². The molecule has 0 aromatic rings. The number of aliphatic hydroxyl groups excluding tert-OH is 2. The standard InChI is InChI=1S/C21H32O6/c1-12-5-8-20(3)15(10-14(22)17(23)21(20)11-26-21)19(12,2)7-6-13-9-16(25-4)27-18(13)24/h9,12,14-17,22-23H,5-8,10-11H2,1-4H3/t12-,14+,15-,16-,17+,19+,20-,21+/m1/s1. The van der Waals surface area contributed by atoms with Crippen LogP contribution in [0.1, 0.15) is 52.9 Å². The zero-order valence-electron chi connectivity index (χ0n) is 16.7. The summed E-state index contributed by atoms with van der Waals surface area (Å²) in [6.07, 6.45) is 3.72. The normalized spacial score (nSPS) is 51.7. The maximum absolute atomic E-state index is 12.1. The number of epoxide rings is 1. The van der Waals surface area contributed by atoms with Crippen LogP contribution in [0.15, 0.2) is 11.6 Å². The largest absolute Gasteiger partial charge is 0.429 e. The van der Waals surface area contributed by atoms with Gasteiger partial charge in [-0.2, -0.15) is 0 Å². The van der Waals surface area contributed by atoms with E-state index in [1.54, 1.807) is 6.08 Å². The van der Waals surface area contributed by atoms with Crippen molar-refractivity contribution in [2.45, 2.75) is 77.0 Å². The molecule has 0 bridgehead atoms. The number of hydrogen-bond acceptors (Lipinski definition) is 6. The number of carbonyl (C=O) groups is 1. The molecule has 6 heteroatoms. The van der Waals surface area contributed by atoms with Gasteiger partial charge in [-0.1, -0.05) is 20.8 Å². The Kier molecular flexibility index (Phi) is 4.50. The predicted molar refractivity (Wildman–Crippen MR) is 97.6 cm³/mol. The zero-order chi connectivity index (χ0) is 19.6. The topological polar surface area (TPSA) is 88.5 Å². The van der Waals surface area contributed by atoms with Gasteiger partial charge in [0.15, 0.2) is 0 Å². The molecule has 2 N–H and O–H groups in total. The Morgan fingerprint density at radius 1 is 1.33 bits per heavy atom. The Labute approximate surface area is 160 Å². The number of rotatable bonds is 4. The summed E-state index contributed by atoms with van der Waals surface area (Å²) in [6.45, 7) is 7.31. The minimum absolute atomic E-state index is 0.0562. The second-order valence-electron chi connectivity index (χ2n) is 9.54. The van der Waals surface area contributed by atoms with Crippen molar-refractivity contribution < 1.29 is 29.2 Å². The Morgan fingerprint density at radius 2 is 2.04 bits per heavy atom. The molecule has 1 saturated heterocycles. The number of hydrogen-bond donors (Lipinski definition) is 2. The first kappa shape index (κ1) is 19.4. The molecule has 0 amide bonds. The van der Waals surface area contributed by atoms with Crippen molar-refractivity contribution in [3.05, 3.63) is 11.6 Å². The Morgan fingerprint density at radius 3 is 2.63 bits per heavy atom. The van der Waals surface area contributed by atoms with Crippen molar-refractivity contribution >= 4 is 5.97 Å². The third kappa shape index (κ3) is 2.64. The summed E-state index contributed by atoms with van der Waals surface area (Å²) in [5.41, 5.74) is -0.147. The molecule has 8 atom stereocenters. The summed E-state index contributed by atoms with van der Waals surface area (Å²) in [4.78, 5) is 12.1. The van der Waals surface area contributed by atoms with Gasteiger partial charge in [-0.3, -0.25) is 0 Å². The molecule has 2 saturated carbocycles. The lowest BCUT2D eigenvalue weighted by Crippen LogP contribution is -2.65. The molecule has 2 aliphatic heterocycles. The van der Waals surface area contributed by atoms with Gasteiger partial charge in [-0.25, -0.2) is 4.79 Å². The average Bonchev–Trinajstić information content (AvgIpc) is 3.37. The third-order valence-corrected chi connectivity index (χ3v) is 8.52. The molecule has 0 aromatic carbocycles. The van der Waals surface area contributed by atoms with E-state index in [1.807, 2.05) is 0 Å². The minimum Gasteiger partial charge on any atom is -0.429 e. The number of methoxy groups -OCH3 is 1. The van der Waals surface area contributed by atoms with Crippen LogP contribution in [0, 0.1) is 22.7 Å². The fourth-order valence-electron chi connectivity index (χ4n) is 6.30. The number of aliphatic hydroxyl groups is 2. The summed E-state index contributed by atoms with van der Waals surface area (Å²) in [5.74, 6) is 0.397. The van der Waals surface area contributed by atoms with Gasteiger partial charge >= 0.3 is 5.97 Å². The van der Waals surface area contributed by atoms with Gasteiger partial charge in [0, 0.05) is 18.1 Å². The van der Waals surface area contributed by atoms with Gasteiger partial charge in [0.05, 0.1) is 12.7 Å². The van der Waals surface area contributed by atoms with Crippen LogP contribution in [0.5, 0.6) is 0 Å². The van der Waals surface area contributed by atoms with E-state index in [1.165, 1.54) is 7.11 Å². The van der Waals surface area contributed by atoms with E-state index >= 15 is 0 Å². The molecule has 0 unspecified atom stereocenters. The Bertz CT molecular complexity index is 655. The number of fused-ring (bicyclic) bond motifs is 2. The minimum atomic E-state index is -0.814. The van der Waals surface area contributed by atoms with Crippen LogP contribution in [0.2, 0.25) is 0 Å². The third-order valence-electron chi connectivity index (χ3n) is 8.52. The molecule has 4 aliphatic rings. The molecule has 2 aliphatic carbocycles. The van der Waals surface area contributed by atoms with Crippen LogP contribution in [-0.4, -0.2) is 54.0 Å². The summed E-state index contributed by atoms with van der Waals surface area (Å²) >= 11 is 0. The van der Waals surface area contributed by atoms with Gasteiger partial charge in [0.25, 0.3) is 0 Å². The number of esters is 1. The Balaban J connectivity index is 1.60. The number of carbonyl (C=O) groups excluding carboxylic acids is 1. The number of cyclic esters (lactones) is 1. The van der Waals surface area contributed by atoms with Crippen LogP contribution in [0.4, 0.5) is 0 Å². The van der Waals surface area contributed by atoms with E-state index in [4.69, 9.17) is 14.2 Å². The second-order valence-corrected chi connectivity index (χ2v) is 9.54. The monoisotopic (exact) mass is 380 g/mol. The van der Waals surface area contributed by atoms with E-state index in [0.29, 0.717) is 30.9 Å². The summed E-state index contributed by atoms with van der Waals surface area (Å²) in [7, 11) is 1.52. The lowest BCUT2D eigenvalue weighted by Gasteiger charge is -2.61. The number of ether oxygens (including phenoxy) is 3. The average molecular weight is 380 g/mol. The first-order chi connectivity index (χ1) is 12.7. The first-order valence-corrected chi connectivity index (χ1v) is 10.1. The zero-order valence-corrected chi connectivity index (χ0v) is 16.7. The SMILES string of the molecule is CO[C@H]1C=C(CC[C@@]2(C)[C@H](C)CC[C@]3(C)[C@@H]2C[C@H](O)[C@H](O)[C@@]32CO2)C(=O)O1. The van der Waals surface area contributed by atoms with E-state index < -0.39 is 24.1 Å². The van der Waals surface area contributed by atoms with E-state index in [-0.39, 0.29) is 22.7 Å². The van der Waals surface area contributed by atoms with Crippen molar-refractivity contribution in [3.8, 4) is 0 Å². The molecule has 4 rings (SSSR count). The summed E-state index contributed by atoms with van der Waals surface area (Å²) in [5, 5.41) is 21.2. The predicted octanol–water partition coefficient (Wildman–Crippen LogP) is 2.18. The smallest absolute Gasteiger partial charge is 0.336 e. The van der Waals surface area contributed by atoms with Gasteiger partial charge in [-0.05, 0) is 55.4 Å². The van der Waals surface area contributed by atoms with Crippen LogP contribution >= 0.6 is 0 Å². The van der Waals surface area contributed by atoms with E-state index in [2.05, 4.69) is 20.8 Å². The maximum atomic E-state index is 12.1. The molecular formula is C21H32O6. The lowest BCUT2D eigenvalue weighted by molar-refractivity contribution is -0.197. The van der Waals surface area contributed by atoms with Crippen molar-refractivity contribution in [3.63, 3.8) is 0 Å². The summed E-state index contributed by atoms with van der Waals surface area (Å²) in [6, 6.07) is 0. The molecule has 27 heavy (non-hydrogen) atoms. The molecule has 0 radical (unpaired) electrons. The van der Waals surface area contributed by atoms with Crippen LogP contribution in [0.25, 0.3) is 0 Å². The molecule has 1 spiro atoms. The van der Waals surface area contributed by atoms with E-state index in [9.17, 15) is 15.0 Å². The molecule has 3 fully saturated rings. The van der Waals surface area contributed by atoms with Crippen LogP contribution in [-0.2, 0) is 19.0 Å². The maximum Gasteiger partial charge on any atom is 0.336 e. The Hall–Kier alpha value is -0.950. The molecule has 2 heterocycles. The summed E-state index contributed by atoms with van der Waals surface area (Å²) < 4.78 is 16.1. The van der Waals surface area contributed by atoms with Crippen LogP contribution < -0.4 is 0 Å². The highest BCUT2D eigenvalue weighted by Crippen LogP contribution is 2.68. The van der Waals surface area contributed by atoms with Gasteiger partial charge < -0.3 is 24.4 Å². The fraction of sp³-hybridized carbons (Fsp3) is 0.857. The molecular weight excluding hydrogens is 348 g/mol. The second kappa shape index (κ2) is 6.28. The quantitative estimate of drug-likeness (QED) is 0.574. The highest BCUT2D eigenvalue weighted by Gasteiger charge is 2.73. The molecule has 0 aromatic heterocycles. The highest BCUT2D eigenvalue weighted by atomic mass is 16.7. The van der Waals surface area contributed by atoms with E-state index in [0.717, 1.165) is 19.3 Å². The van der Waals surface area contributed by atoms with Crippen molar-refractivity contribution in [2.24, 2.45) is 22.7 Å². The lowest BCUT2D eigenvalue weighted by atomic mass is 9.43. The van der Waals surface area contributed by atoms with Gasteiger partial charge in [-0.15, -0.1) is 0 Å². The molecule has 152 valence electrons. The molecule has 6 nitrogen and oxygen atoms in total. The van der Waals surface area contributed by atoms with Crippen molar-refractivity contribution in [2.75, 3.05) is 13.7 Å². The van der Waals surface area contributed by atoms with Gasteiger partial charge in [0.2, 0.25) is 6.29 Å².